The summed E-state index contributed by atoms with van der Waals surface area (Å²) in [6.45, 7) is 3.79. The van der Waals surface area contributed by atoms with Gasteiger partial charge in [-0.3, -0.25) is 24.7 Å². The zero-order valence-corrected chi connectivity index (χ0v) is 21.0. The van der Waals surface area contributed by atoms with Crippen molar-refractivity contribution in [2.75, 3.05) is 25.0 Å². The predicted octanol–water partition coefficient (Wildman–Crippen LogP) is 5.53. The third kappa shape index (κ3) is 5.24. The lowest BCUT2D eigenvalue weighted by molar-refractivity contribution is -0.110. The second-order valence-electron chi connectivity index (χ2n) is 9.81. The van der Waals surface area contributed by atoms with E-state index in [4.69, 9.17) is 0 Å². The fourth-order valence-corrected chi connectivity index (χ4v) is 4.91. The van der Waals surface area contributed by atoms with Crippen molar-refractivity contribution < 1.29 is 9.18 Å². The Hall–Kier alpha value is -4.23. The number of carbonyl (C=O) groups is 1. The van der Waals surface area contributed by atoms with Gasteiger partial charge in [0.15, 0.2) is 0 Å². The number of rotatable bonds is 6. The monoisotopic (exact) mass is 505 g/mol. The quantitative estimate of drug-likeness (QED) is 0.374. The molecule has 38 heavy (non-hydrogen) atoms. The van der Waals surface area contributed by atoms with E-state index in [1.807, 2.05) is 18.5 Å². The first-order chi connectivity index (χ1) is 18.6. The standard InChI is InChI=1S/C31H28FN5O/c32-26-8-6-23(7-9-26)29-11-10-27(19-35-29)36-31(38)30-28-16-24(5-4-22(28)3-1-12-34-30)25-15-21(17-33-18-25)20-37-13-2-14-37/h4-11,15-19H,1-3,12-14,20H2,(H,36,38). The molecule has 2 aliphatic heterocycles. The molecule has 0 atom stereocenters. The maximum Gasteiger partial charge on any atom is 0.274 e. The molecule has 6 nitrogen and oxygen atoms in total. The van der Waals surface area contributed by atoms with E-state index in [1.165, 1.54) is 24.1 Å². The molecule has 0 saturated carbocycles. The van der Waals surface area contributed by atoms with Crippen molar-refractivity contribution in [3.05, 3.63) is 102 Å². The van der Waals surface area contributed by atoms with Gasteiger partial charge in [-0.1, -0.05) is 12.1 Å². The van der Waals surface area contributed by atoms with Gasteiger partial charge in [-0.05, 0) is 97.6 Å². The van der Waals surface area contributed by atoms with Gasteiger partial charge in [0.25, 0.3) is 5.91 Å². The molecule has 6 rings (SSSR count). The van der Waals surface area contributed by atoms with Crippen molar-refractivity contribution in [2.45, 2.75) is 25.8 Å². The molecule has 0 aliphatic carbocycles. The summed E-state index contributed by atoms with van der Waals surface area (Å²) in [6, 6.07) is 18.3. The Kier molecular flexibility index (Phi) is 6.75. The summed E-state index contributed by atoms with van der Waals surface area (Å²) in [5.74, 6) is -0.549. The summed E-state index contributed by atoms with van der Waals surface area (Å²) in [6.07, 6.45) is 8.45. The number of hydrogen-bond acceptors (Lipinski definition) is 5. The first-order valence-corrected chi connectivity index (χ1v) is 13.0. The molecule has 7 heteroatoms. The van der Waals surface area contributed by atoms with E-state index in [-0.39, 0.29) is 11.7 Å². The SMILES string of the molecule is O=C(Nc1ccc(-c2ccc(F)cc2)nc1)C1=NCCCc2ccc(-c3cncc(CN4CCC4)c3)cc21. The number of halogens is 1. The van der Waals surface area contributed by atoms with Gasteiger partial charge in [0.2, 0.25) is 0 Å². The van der Waals surface area contributed by atoms with E-state index in [0.29, 0.717) is 23.6 Å². The largest absolute Gasteiger partial charge is 0.319 e. The lowest BCUT2D eigenvalue weighted by atomic mass is 9.94. The minimum atomic E-state index is -0.291. The van der Waals surface area contributed by atoms with E-state index < -0.39 is 0 Å². The van der Waals surface area contributed by atoms with Crippen LogP contribution >= 0.6 is 0 Å². The number of aromatic nitrogens is 2. The van der Waals surface area contributed by atoms with Crippen LogP contribution in [0.4, 0.5) is 10.1 Å². The van der Waals surface area contributed by atoms with E-state index >= 15 is 0 Å². The Bertz CT molecular complexity index is 1490. The highest BCUT2D eigenvalue weighted by Gasteiger charge is 2.21. The molecule has 2 aromatic heterocycles. The summed E-state index contributed by atoms with van der Waals surface area (Å²) >= 11 is 0. The molecule has 1 fully saturated rings. The number of amides is 1. The summed E-state index contributed by atoms with van der Waals surface area (Å²) in [7, 11) is 0. The number of carbonyl (C=O) groups excluding carboxylic acids is 1. The molecular formula is C31H28FN5O. The summed E-state index contributed by atoms with van der Waals surface area (Å²) in [5, 5.41) is 2.96. The number of aliphatic imine (C=N–C) groups is 1. The molecule has 2 aromatic carbocycles. The molecule has 0 bridgehead atoms. The number of fused-ring (bicyclic) bond motifs is 1. The lowest BCUT2D eigenvalue weighted by Crippen LogP contribution is -2.36. The average molecular weight is 506 g/mol. The zero-order valence-electron chi connectivity index (χ0n) is 21.0. The Labute approximate surface area is 221 Å². The molecule has 190 valence electrons. The molecule has 1 amide bonds. The highest BCUT2D eigenvalue weighted by Crippen LogP contribution is 2.27. The van der Waals surface area contributed by atoms with Gasteiger partial charge < -0.3 is 5.32 Å². The van der Waals surface area contributed by atoms with Crippen molar-refractivity contribution in [1.82, 2.24) is 14.9 Å². The molecular weight excluding hydrogens is 477 g/mol. The number of aryl methyl sites for hydroxylation is 1. The van der Waals surface area contributed by atoms with Gasteiger partial charge in [0, 0.05) is 42.2 Å². The Morgan fingerprint density at radius 2 is 1.74 bits per heavy atom. The molecule has 2 aliphatic rings. The van der Waals surface area contributed by atoms with E-state index in [2.05, 4.69) is 49.4 Å². The molecule has 0 unspecified atom stereocenters. The fraction of sp³-hybridized carbons (Fsp3) is 0.226. The lowest BCUT2D eigenvalue weighted by Gasteiger charge is -2.30. The molecule has 0 spiro atoms. The van der Waals surface area contributed by atoms with Crippen LogP contribution < -0.4 is 5.32 Å². The Morgan fingerprint density at radius 3 is 2.50 bits per heavy atom. The number of benzene rings is 2. The van der Waals surface area contributed by atoms with Crippen molar-refractivity contribution in [3.63, 3.8) is 0 Å². The first-order valence-electron chi connectivity index (χ1n) is 13.0. The van der Waals surface area contributed by atoms with Crippen LogP contribution in [0.2, 0.25) is 0 Å². The maximum atomic E-state index is 13.4. The number of likely N-dealkylation sites (tertiary alicyclic amines) is 1. The van der Waals surface area contributed by atoms with E-state index in [9.17, 15) is 9.18 Å². The normalized spacial score (nSPS) is 15.1. The van der Waals surface area contributed by atoms with Crippen molar-refractivity contribution >= 4 is 17.3 Å². The summed E-state index contributed by atoms with van der Waals surface area (Å²) in [5.41, 5.74) is 7.76. The minimum absolute atomic E-state index is 0.258. The molecule has 1 saturated heterocycles. The second kappa shape index (κ2) is 10.6. The van der Waals surface area contributed by atoms with Crippen LogP contribution in [-0.2, 0) is 17.8 Å². The van der Waals surface area contributed by atoms with Gasteiger partial charge >= 0.3 is 0 Å². The van der Waals surface area contributed by atoms with E-state index in [1.54, 1.807) is 24.4 Å². The van der Waals surface area contributed by atoms with Crippen LogP contribution in [0.3, 0.4) is 0 Å². The van der Waals surface area contributed by atoms with Crippen LogP contribution in [-0.4, -0.2) is 46.1 Å². The van der Waals surface area contributed by atoms with Crippen LogP contribution in [0.1, 0.15) is 29.5 Å². The fourth-order valence-electron chi connectivity index (χ4n) is 4.91. The van der Waals surface area contributed by atoms with Crippen LogP contribution in [0.15, 0.2) is 84.2 Å². The number of hydrogen-bond donors (Lipinski definition) is 1. The smallest absolute Gasteiger partial charge is 0.274 e. The summed E-state index contributed by atoms with van der Waals surface area (Å²) < 4.78 is 13.2. The minimum Gasteiger partial charge on any atom is -0.319 e. The number of nitrogens with one attached hydrogen (secondary N) is 1. The molecule has 4 heterocycles. The number of nitrogens with zero attached hydrogens (tertiary/aromatic N) is 4. The maximum absolute atomic E-state index is 13.4. The molecule has 0 radical (unpaired) electrons. The highest BCUT2D eigenvalue weighted by atomic mass is 19.1. The average Bonchev–Trinajstić information content (AvgIpc) is 3.14. The van der Waals surface area contributed by atoms with Gasteiger partial charge in [-0.25, -0.2) is 4.39 Å². The van der Waals surface area contributed by atoms with E-state index in [0.717, 1.165) is 60.3 Å². The summed E-state index contributed by atoms with van der Waals surface area (Å²) in [4.78, 5) is 29.4. The Morgan fingerprint density at radius 1 is 0.895 bits per heavy atom. The Balaban J connectivity index is 1.23. The molecule has 4 aromatic rings. The number of pyridine rings is 2. The molecule has 1 N–H and O–H groups in total. The van der Waals surface area contributed by atoms with Crippen LogP contribution in [0.25, 0.3) is 22.4 Å². The second-order valence-corrected chi connectivity index (χ2v) is 9.81. The predicted molar refractivity (Wildman–Crippen MR) is 148 cm³/mol. The van der Waals surface area contributed by atoms with Gasteiger partial charge in [0.1, 0.15) is 11.5 Å². The van der Waals surface area contributed by atoms with Crippen LogP contribution in [0, 0.1) is 5.82 Å². The van der Waals surface area contributed by atoms with Crippen molar-refractivity contribution in [3.8, 4) is 22.4 Å². The van der Waals surface area contributed by atoms with Crippen LogP contribution in [0.5, 0.6) is 0 Å². The topological polar surface area (TPSA) is 70.5 Å². The van der Waals surface area contributed by atoms with Gasteiger partial charge in [-0.2, -0.15) is 0 Å². The third-order valence-corrected chi connectivity index (χ3v) is 7.10. The van der Waals surface area contributed by atoms with Crippen molar-refractivity contribution in [1.29, 1.82) is 0 Å². The zero-order chi connectivity index (χ0) is 25.9. The van der Waals surface area contributed by atoms with Gasteiger partial charge in [-0.15, -0.1) is 0 Å². The highest BCUT2D eigenvalue weighted by molar-refractivity contribution is 6.49. The first kappa shape index (κ1) is 24.1. The third-order valence-electron chi connectivity index (χ3n) is 7.10. The van der Waals surface area contributed by atoms with Crippen molar-refractivity contribution in [2.24, 2.45) is 4.99 Å². The van der Waals surface area contributed by atoms with Gasteiger partial charge in [0.05, 0.1) is 17.6 Å². The number of anilines is 1.